The number of fused-ring (bicyclic) bond motifs is 12. The molecular formula is C66H48N4O. The van der Waals surface area contributed by atoms with Crippen LogP contribution in [-0.2, 0) is 5.41 Å². The van der Waals surface area contributed by atoms with Gasteiger partial charge in [-0.25, -0.2) is 0 Å². The summed E-state index contributed by atoms with van der Waals surface area (Å²) >= 11 is 0. The monoisotopic (exact) mass is 912 g/mol. The van der Waals surface area contributed by atoms with Crippen LogP contribution in [0.1, 0.15) is 47.6 Å². The van der Waals surface area contributed by atoms with E-state index in [-0.39, 0.29) is 11.3 Å². The molecule has 0 amide bonds. The number of nitrogens with one attached hydrogen (secondary N) is 1. The van der Waals surface area contributed by atoms with Gasteiger partial charge in [0.1, 0.15) is 11.2 Å². The number of hydrogen-bond acceptors (Lipinski definition) is 3. The second-order valence-electron chi connectivity index (χ2n) is 19.6. The highest BCUT2D eigenvalue weighted by atomic mass is 16.3. The molecule has 1 atom stereocenters. The van der Waals surface area contributed by atoms with Gasteiger partial charge in [-0.1, -0.05) is 159 Å². The first-order chi connectivity index (χ1) is 34.9. The molecule has 338 valence electrons. The second-order valence-corrected chi connectivity index (χ2v) is 19.6. The molecule has 1 unspecified atom stereocenters. The van der Waals surface area contributed by atoms with Gasteiger partial charge in [-0.05, 0) is 129 Å². The van der Waals surface area contributed by atoms with Gasteiger partial charge in [-0.3, -0.25) is 5.84 Å². The van der Waals surface area contributed by atoms with Crippen LogP contribution in [0, 0.1) is 0 Å². The first-order valence-electron chi connectivity index (χ1n) is 24.5. The lowest BCUT2D eigenvalue weighted by Crippen LogP contribution is -2.20. The van der Waals surface area contributed by atoms with Gasteiger partial charge in [0.05, 0.1) is 27.8 Å². The number of aromatic nitrogens is 2. The summed E-state index contributed by atoms with van der Waals surface area (Å²) in [7, 11) is 0. The van der Waals surface area contributed by atoms with E-state index in [1.165, 1.54) is 77.1 Å². The first kappa shape index (κ1) is 41.1. The lowest BCUT2D eigenvalue weighted by Gasteiger charge is -2.22. The number of furan rings is 1. The molecule has 0 aliphatic heterocycles. The summed E-state index contributed by atoms with van der Waals surface area (Å²) in [6.07, 6.45) is 2.24. The molecule has 5 nitrogen and oxygen atoms in total. The summed E-state index contributed by atoms with van der Waals surface area (Å²) in [6.45, 7) is 4.73. The molecular weight excluding hydrogens is 865 g/mol. The van der Waals surface area contributed by atoms with Crippen molar-refractivity contribution in [2.24, 2.45) is 5.84 Å². The molecule has 71 heavy (non-hydrogen) atoms. The molecule has 10 aromatic carbocycles. The van der Waals surface area contributed by atoms with E-state index in [1.54, 1.807) is 0 Å². The number of nitrogens with zero attached hydrogens (tertiary/aromatic N) is 2. The van der Waals surface area contributed by atoms with Gasteiger partial charge in [-0.2, -0.15) is 0 Å². The third kappa shape index (κ3) is 6.37. The standard InChI is InChI=1S/C66H48N4O/c1-66(2)57-24-14-12-22-48(57)51-36-54-52-34-44(45-28-32-60-53(35-45)55-37-56-49-23-13-15-25-64(49)71-65(56)40-63(55)69(60)46-20-10-5-11-21-46)29-33-61(52)70(62(54)39-58(51)66)47-30-26-42(27-31-47)50(41-16-6-3-7-17-41)38-59(68-67)43-18-8-4-9-19-43/h3-40,50,68H,67H2,1-2H3/b59-38-. The highest BCUT2D eigenvalue weighted by Crippen LogP contribution is 2.51. The average molecular weight is 913 g/mol. The van der Waals surface area contributed by atoms with Gasteiger partial charge in [0, 0.05) is 61.1 Å². The Kier molecular flexibility index (Phi) is 9.16. The van der Waals surface area contributed by atoms with Crippen LogP contribution in [0.3, 0.4) is 0 Å². The van der Waals surface area contributed by atoms with Crippen LogP contribution in [-0.4, -0.2) is 9.13 Å². The van der Waals surface area contributed by atoms with E-state index in [2.05, 4.69) is 235 Å². The highest BCUT2D eigenvalue weighted by molar-refractivity contribution is 6.18. The smallest absolute Gasteiger partial charge is 0.137 e. The third-order valence-corrected chi connectivity index (χ3v) is 15.3. The van der Waals surface area contributed by atoms with E-state index in [0.29, 0.717) is 0 Å². The van der Waals surface area contributed by atoms with E-state index >= 15 is 0 Å². The van der Waals surface area contributed by atoms with Gasteiger partial charge in [0.15, 0.2) is 0 Å². The topological polar surface area (TPSA) is 61.0 Å². The van der Waals surface area contributed by atoms with Crippen molar-refractivity contribution in [2.75, 3.05) is 0 Å². The lowest BCUT2D eigenvalue weighted by atomic mass is 9.82. The summed E-state index contributed by atoms with van der Waals surface area (Å²) in [6, 6.07) is 81.5. The molecule has 3 aromatic heterocycles. The number of allylic oxidation sites excluding steroid dienone is 1. The van der Waals surface area contributed by atoms with Crippen LogP contribution < -0.4 is 11.3 Å². The number of hydrogen-bond donors (Lipinski definition) is 2. The Morgan fingerprint density at radius 2 is 1.01 bits per heavy atom. The second kappa shape index (κ2) is 15.8. The lowest BCUT2D eigenvalue weighted by molar-refractivity contribution is 0.661. The average Bonchev–Trinajstić information content (AvgIpc) is 4.12. The molecule has 1 aliphatic rings. The fraction of sp³-hybridized carbons (Fsp3) is 0.0606. The summed E-state index contributed by atoms with van der Waals surface area (Å²) < 4.78 is 11.3. The zero-order valence-electron chi connectivity index (χ0n) is 39.4. The van der Waals surface area contributed by atoms with Gasteiger partial charge in [0.2, 0.25) is 0 Å². The Morgan fingerprint density at radius 3 is 1.72 bits per heavy atom. The largest absolute Gasteiger partial charge is 0.456 e. The molecule has 14 rings (SSSR count). The molecule has 5 heteroatoms. The number of hydrazine groups is 1. The van der Waals surface area contributed by atoms with Crippen molar-refractivity contribution in [1.82, 2.24) is 14.6 Å². The fourth-order valence-electron chi connectivity index (χ4n) is 11.8. The molecule has 1 aliphatic carbocycles. The maximum Gasteiger partial charge on any atom is 0.137 e. The van der Waals surface area contributed by atoms with Crippen molar-refractivity contribution in [1.29, 1.82) is 0 Å². The highest BCUT2D eigenvalue weighted by Gasteiger charge is 2.36. The number of rotatable bonds is 8. The Bertz CT molecular complexity index is 4270. The minimum Gasteiger partial charge on any atom is -0.456 e. The third-order valence-electron chi connectivity index (χ3n) is 15.3. The number of benzene rings is 10. The zero-order valence-corrected chi connectivity index (χ0v) is 39.4. The van der Waals surface area contributed by atoms with Crippen molar-refractivity contribution in [3.63, 3.8) is 0 Å². The quantitative estimate of drug-likeness (QED) is 0.118. The van der Waals surface area contributed by atoms with Crippen molar-refractivity contribution in [3.8, 4) is 33.6 Å². The van der Waals surface area contributed by atoms with Crippen molar-refractivity contribution >= 4 is 71.2 Å². The van der Waals surface area contributed by atoms with Crippen LogP contribution >= 0.6 is 0 Å². The molecule has 3 N–H and O–H groups in total. The first-order valence-corrected chi connectivity index (χ1v) is 24.5. The summed E-state index contributed by atoms with van der Waals surface area (Å²) in [5.74, 6) is 6.17. The van der Waals surface area contributed by atoms with Crippen LogP contribution in [0.2, 0.25) is 0 Å². The fourth-order valence-corrected chi connectivity index (χ4v) is 11.8. The van der Waals surface area contributed by atoms with Crippen LogP contribution in [0.25, 0.3) is 105 Å². The Hall–Kier alpha value is -8.90. The molecule has 3 heterocycles. The normalized spacial score (nSPS) is 13.7. The van der Waals surface area contributed by atoms with Crippen molar-refractivity contribution in [3.05, 3.63) is 258 Å². The van der Waals surface area contributed by atoms with Crippen LogP contribution in [0.15, 0.2) is 235 Å². The molecule has 0 saturated carbocycles. The molecule has 0 spiro atoms. The van der Waals surface area contributed by atoms with E-state index in [4.69, 9.17) is 10.3 Å². The molecule has 13 aromatic rings. The minimum atomic E-state index is -0.151. The predicted molar refractivity (Wildman–Crippen MR) is 295 cm³/mol. The maximum absolute atomic E-state index is 6.45. The molecule has 0 bridgehead atoms. The van der Waals surface area contributed by atoms with Gasteiger partial charge >= 0.3 is 0 Å². The Balaban J connectivity index is 0.958. The van der Waals surface area contributed by atoms with Gasteiger partial charge in [-0.15, -0.1) is 0 Å². The van der Waals surface area contributed by atoms with Crippen molar-refractivity contribution in [2.45, 2.75) is 25.2 Å². The summed E-state index contributed by atoms with van der Waals surface area (Å²) in [5, 5.41) is 7.11. The molecule has 0 fully saturated rings. The van der Waals surface area contributed by atoms with Crippen molar-refractivity contribution < 1.29 is 4.42 Å². The molecule has 0 saturated heterocycles. The van der Waals surface area contributed by atoms with E-state index in [9.17, 15) is 0 Å². The van der Waals surface area contributed by atoms with E-state index < -0.39 is 0 Å². The van der Waals surface area contributed by atoms with Crippen LogP contribution in [0.4, 0.5) is 0 Å². The van der Waals surface area contributed by atoms with Gasteiger partial charge < -0.3 is 19.0 Å². The van der Waals surface area contributed by atoms with Gasteiger partial charge in [0.25, 0.3) is 0 Å². The summed E-state index contributed by atoms with van der Waals surface area (Å²) in [4.78, 5) is 0. The van der Waals surface area contributed by atoms with E-state index in [1.807, 2.05) is 24.3 Å². The Labute approximate surface area is 411 Å². The zero-order chi connectivity index (χ0) is 47.4. The van der Waals surface area contributed by atoms with E-state index in [0.717, 1.165) is 55.6 Å². The molecule has 0 radical (unpaired) electrons. The summed E-state index contributed by atoms with van der Waals surface area (Å²) in [5.41, 5.74) is 23.5. The number of para-hydroxylation sites is 2. The van der Waals surface area contributed by atoms with Crippen LogP contribution in [0.5, 0.6) is 0 Å². The SMILES string of the molecule is CC1(C)c2ccccc2-c2cc3c4cc(-c5ccc6c(c5)c5cc7c(cc5n6-c5ccccc5)oc5ccccc57)ccc4n(-c4ccc(C(/C=C(\NN)c5ccccc5)c5ccccc5)cc4)c3cc21. The number of nitrogens with two attached hydrogens (primary N) is 1. The Morgan fingerprint density at radius 1 is 0.451 bits per heavy atom. The predicted octanol–water partition coefficient (Wildman–Crippen LogP) is 16.4. The maximum atomic E-state index is 6.45. The minimum absolute atomic E-state index is 0.0380.